The maximum atomic E-state index is 6.16. The summed E-state index contributed by atoms with van der Waals surface area (Å²) in [5, 5.41) is 4.34. The van der Waals surface area contributed by atoms with Crippen LogP contribution in [0.4, 0.5) is 11.6 Å². The molecule has 7 heteroatoms. The molecule has 0 spiro atoms. The van der Waals surface area contributed by atoms with Gasteiger partial charge in [-0.2, -0.15) is 0 Å². The van der Waals surface area contributed by atoms with Gasteiger partial charge in [0.1, 0.15) is 12.1 Å². The van der Waals surface area contributed by atoms with Gasteiger partial charge in [-0.1, -0.05) is 30.3 Å². The largest absolute Gasteiger partial charge is 0.382 e. The molecule has 0 saturated carbocycles. The normalized spacial score (nSPS) is 16.9. The summed E-state index contributed by atoms with van der Waals surface area (Å²) in [6.07, 6.45) is 7.41. The molecule has 0 bridgehead atoms. The smallest absolute Gasteiger partial charge is 0.166 e. The second kappa shape index (κ2) is 6.35. The lowest BCUT2D eigenvalue weighted by Gasteiger charge is -2.26. The van der Waals surface area contributed by atoms with E-state index in [-0.39, 0.29) is 0 Å². The van der Waals surface area contributed by atoms with Crippen molar-refractivity contribution < 1.29 is 0 Å². The zero-order chi connectivity index (χ0) is 18.2. The van der Waals surface area contributed by atoms with E-state index in [2.05, 4.69) is 49.2 Å². The topological polar surface area (TPSA) is 85.2 Å². The van der Waals surface area contributed by atoms with Crippen LogP contribution in [0.1, 0.15) is 24.4 Å². The maximum absolute atomic E-state index is 6.16. The van der Waals surface area contributed by atoms with E-state index in [0.29, 0.717) is 17.5 Å². The molecule has 7 nitrogen and oxygen atoms in total. The summed E-state index contributed by atoms with van der Waals surface area (Å²) in [5.41, 5.74) is 9.65. The monoisotopic (exact) mass is 357 g/mol. The second-order valence-corrected chi connectivity index (χ2v) is 6.67. The number of nitrogens with two attached hydrogens (primary N) is 1. The molecule has 27 heavy (non-hydrogen) atoms. The summed E-state index contributed by atoms with van der Waals surface area (Å²) >= 11 is 0. The highest BCUT2D eigenvalue weighted by atomic mass is 15.3. The average Bonchev–Trinajstić information content (AvgIpc) is 3.32. The fraction of sp³-hybridized carbons (Fsp3) is 0.200. The van der Waals surface area contributed by atoms with Crippen molar-refractivity contribution in [3.63, 3.8) is 0 Å². The quantitative estimate of drug-likeness (QED) is 0.606. The molecule has 0 amide bonds. The Morgan fingerprint density at radius 3 is 2.81 bits per heavy atom. The molecule has 134 valence electrons. The van der Waals surface area contributed by atoms with E-state index in [1.54, 1.807) is 17.0 Å². The first-order valence-corrected chi connectivity index (χ1v) is 9.04. The van der Waals surface area contributed by atoms with Crippen molar-refractivity contribution in [2.75, 3.05) is 17.2 Å². The molecule has 1 saturated heterocycles. The van der Waals surface area contributed by atoms with Crippen LogP contribution >= 0.6 is 0 Å². The minimum absolute atomic E-state index is 0.327. The van der Waals surface area contributed by atoms with Gasteiger partial charge in [0.15, 0.2) is 11.5 Å². The van der Waals surface area contributed by atoms with Gasteiger partial charge in [0.25, 0.3) is 0 Å². The Balaban J connectivity index is 1.57. The molecule has 3 aromatic heterocycles. The highest BCUT2D eigenvalue weighted by Gasteiger charge is 2.27. The van der Waals surface area contributed by atoms with Crippen LogP contribution in [0.15, 0.2) is 61.2 Å². The van der Waals surface area contributed by atoms with Gasteiger partial charge < -0.3 is 10.6 Å². The Bertz CT molecular complexity index is 1090. The van der Waals surface area contributed by atoms with Crippen molar-refractivity contribution in [3.8, 4) is 11.3 Å². The van der Waals surface area contributed by atoms with Gasteiger partial charge in [-0.3, -0.25) is 0 Å². The first kappa shape index (κ1) is 15.7. The van der Waals surface area contributed by atoms with E-state index in [1.165, 1.54) is 5.56 Å². The molecular weight excluding hydrogens is 338 g/mol. The molecule has 1 aliphatic heterocycles. The molecular formula is C20H19N7. The Morgan fingerprint density at radius 1 is 1.04 bits per heavy atom. The number of fused-ring (bicyclic) bond motifs is 1. The van der Waals surface area contributed by atoms with Crippen molar-refractivity contribution >= 4 is 17.3 Å². The zero-order valence-corrected chi connectivity index (χ0v) is 14.7. The number of nitrogen functional groups attached to an aromatic ring is 1. The predicted molar refractivity (Wildman–Crippen MR) is 104 cm³/mol. The lowest BCUT2D eigenvalue weighted by Crippen LogP contribution is -2.23. The molecule has 1 unspecified atom stereocenters. The Morgan fingerprint density at radius 2 is 1.93 bits per heavy atom. The van der Waals surface area contributed by atoms with Crippen molar-refractivity contribution in [1.29, 1.82) is 0 Å². The third-order valence-electron chi connectivity index (χ3n) is 5.06. The number of benzene rings is 1. The maximum Gasteiger partial charge on any atom is 0.166 e. The van der Waals surface area contributed by atoms with Gasteiger partial charge in [0.05, 0.1) is 17.3 Å². The highest BCUT2D eigenvalue weighted by Crippen LogP contribution is 2.36. The summed E-state index contributed by atoms with van der Waals surface area (Å²) in [7, 11) is 0. The van der Waals surface area contributed by atoms with Gasteiger partial charge in [0, 0.05) is 25.0 Å². The number of rotatable bonds is 3. The van der Waals surface area contributed by atoms with E-state index in [1.807, 2.05) is 24.4 Å². The minimum Gasteiger partial charge on any atom is -0.382 e. The number of hydrogen-bond donors (Lipinski definition) is 1. The number of nitrogens with zero attached hydrogens (tertiary/aromatic N) is 6. The lowest BCUT2D eigenvalue weighted by atomic mass is 10.0. The molecule has 0 aliphatic carbocycles. The Hall–Kier alpha value is -3.48. The van der Waals surface area contributed by atoms with Crippen molar-refractivity contribution in [3.05, 3.63) is 66.7 Å². The van der Waals surface area contributed by atoms with Gasteiger partial charge >= 0.3 is 0 Å². The van der Waals surface area contributed by atoms with E-state index < -0.39 is 0 Å². The Labute approximate surface area is 156 Å². The molecule has 2 N–H and O–H groups in total. The average molecular weight is 357 g/mol. The fourth-order valence-electron chi connectivity index (χ4n) is 3.85. The van der Waals surface area contributed by atoms with E-state index >= 15 is 0 Å². The standard InChI is InChI=1S/C20H19N7/c21-19-18(20-22-9-5-11-27(20)25-19)15-12-17(24-13-23-15)26-10-4-8-16(26)14-6-2-1-3-7-14/h1-3,5-7,9,11-13,16H,4,8,10H2,(H2,21,25). The van der Waals surface area contributed by atoms with Crippen LogP contribution in [-0.2, 0) is 0 Å². The first-order valence-electron chi connectivity index (χ1n) is 9.04. The SMILES string of the molecule is Nc1nn2cccnc2c1-c1cc(N2CCCC2c2ccccc2)ncn1. The summed E-state index contributed by atoms with van der Waals surface area (Å²) in [6.45, 7) is 0.971. The molecule has 4 heterocycles. The summed E-state index contributed by atoms with van der Waals surface area (Å²) in [6, 6.07) is 14.7. The van der Waals surface area contributed by atoms with E-state index in [9.17, 15) is 0 Å². The van der Waals surface area contributed by atoms with Crippen molar-refractivity contribution in [1.82, 2.24) is 24.6 Å². The van der Waals surface area contributed by atoms with Crippen LogP contribution in [0.5, 0.6) is 0 Å². The number of hydrogen-bond acceptors (Lipinski definition) is 6. The first-order chi connectivity index (χ1) is 13.3. The highest BCUT2D eigenvalue weighted by molar-refractivity contribution is 5.85. The molecule has 4 aromatic rings. The van der Waals surface area contributed by atoms with Crippen molar-refractivity contribution in [2.45, 2.75) is 18.9 Å². The van der Waals surface area contributed by atoms with Crippen molar-refractivity contribution in [2.24, 2.45) is 0 Å². The lowest BCUT2D eigenvalue weighted by molar-refractivity contribution is 0.711. The summed E-state index contributed by atoms with van der Waals surface area (Å²) in [4.78, 5) is 15.8. The minimum atomic E-state index is 0.327. The third-order valence-corrected chi connectivity index (χ3v) is 5.06. The van der Waals surface area contributed by atoms with Crippen LogP contribution < -0.4 is 10.6 Å². The molecule has 1 atom stereocenters. The van der Waals surface area contributed by atoms with Gasteiger partial charge in [-0.25, -0.2) is 19.5 Å². The number of aromatic nitrogens is 5. The van der Waals surface area contributed by atoms with Crippen LogP contribution in [0, 0.1) is 0 Å². The third kappa shape index (κ3) is 2.68. The predicted octanol–water partition coefficient (Wildman–Crippen LogP) is 3.11. The van der Waals surface area contributed by atoms with Crippen LogP contribution in [0.3, 0.4) is 0 Å². The van der Waals surface area contributed by atoms with Crippen LogP contribution in [0.25, 0.3) is 16.9 Å². The van der Waals surface area contributed by atoms with E-state index in [4.69, 9.17) is 5.73 Å². The Kier molecular flexibility index (Phi) is 3.71. The van der Waals surface area contributed by atoms with Crippen LogP contribution in [0.2, 0.25) is 0 Å². The van der Waals surface area contributed by atoms with Gasteiger partial charge in [-0.15, -0.1) is 5.10 Å². The van der Waals surface area contributed by atoms with Gasteiger partial charge in [-0.05, 0) is 24.5 Å². The molecule has 0 radical (unpaired) electrons. The fourth-order valence-corrected chi connectivity index (χ4v) is 3.85. The second-order valence-electron chi connectivity index (χ2n) is 6.67. The molecule has 5 rings (SSSR count). The zero-order valence-electron chi connectivity index (χ0n) is 14.7. The number of anilines is 2. The summed E-state index contributed by atoms with van der Waals surface area (Å²) in [5.74, 6) is 1.32. The van der Waals surface area contributed by atoms with Crippen LogP contribution in [-0.4, -0.2) is 31.1 Å². The summed E-state index contributed by atoms with van der Waals surface area (Å²) < 4.78 is 1.68. The molecule has 1 aromatic carbocycles. The molecule has 1 fully saturated rings. The van der Waals surface area contributed by atoms with Gasteiger partial charge in [0.2, 0.25) is 0 Å². The van der Waals surface area contributed by atoms with E-state index in [0.717, 1.165) is 36.5 Å². The molecule has 1 aliphatic rings.